The van der Waals surface area contributed by atoms with Gasteiger partial charge in [0.15, 0.2) is 0 Å². The van der Waals surface area contributed by atoms with Crippen LogP contribution in [0.15, 0.2) is 12.1 Å². The van der Waals surface area contributed by atoms with Crippen molar-refractivity contribution in [3.8, 4) is 0 Å². The summed E-state index contributed by atoms with van der Waals surface area (Å²) >= 11 is 0. The van der Waals surface area contributed by atoms with Gasteiger partial charge in [-0.15, -0.1) is 0 Å². The number of nitrogens with one attached hydrogen (secondary N) is 3. The van der Waals surface area contributed by atoms with E-state index in [1.54, 1.807) is 0 Å². The molecule has 0 saturated carbocycles. The number of aromatic nitrogens is 1. The van der Waals surface area contributed by atoms with Crippen molar-refractivity contribution in [3.05, 3.63) is 23.4 Å². The molecule has 1 unspecified atom stereocenters. The quantitative estimate of drug-likeness (QED) is 0.710. The second-order valence-corrected chi connectivity index (χ2v) is 5.92. The van der Waals surface area contributed by atoms with Crippen LogP contribution in [0.5, 0.6) is 0 Å². The maximum atomic E-state index is 11.9. The van der Waals surface area contributed by atoms with Gasteiger partial charge in [0.25, 0.3) is 0 Å². The molecule has 3 N–H and O–H groups in total. The Hall–Kier alpha value is -1.62. The molecule has 2 aliphatic heterocycles. The second kappa shape index (κ2) is 6.89. The zero-order valence-corrected chi connectivity index (χ0v) is 12.5. The highest BCUT2D eigenvalue weighted by Gasteiger charge is 2.21. The molecule has 2 aliphatic rings. The summed E-state index contributed by atoms with van der Waals surface area (Å²) in [6.07, 6.45) is 5.14. The molecule has 5 nitrogen and oxygen atoms in total. The van der Waals surface area contributed by atoms with Crippen molar-refractivity contribution in [1.29, 1.82) is 0 Å². The minimum Gasteiger partial charge on any atom is -0.370 e. The molecule has 1 atom stereocenters. The number of anilines is 1. The Labute approximate surface area is 125 Å². The number of hydrogen-bond acceptors (Lipinski definition) is 4. The first-order valence-corrected chi connectivity index (χ1v) is 8.04. The Morgan fingerprint density at radius 2 is 2.33 bits per heavy atom. The van der Waals surface area contributed by atoms with Gasteiger partial charge < -0.3 is 16.0 Å². The van der Waals surface area contributed by atoms with Crippen molar-refractivity contribution < 1.29 is 4.79 Å². The number of aryl methyl sites for hydroxylation is 2. The van der Waals surface area contributed by atoms with Gasteiger partial charge in [-0.25, -0.2) is 4.98 Å². The fraction of sp³-hybridized carbons (Fsp3) is 0.625. The standard InChI is InChI=1S/C16H24N4O/c21-16(13-7-10-17-11-13)19-9-2-4-14-6-5-12-3-1-8-18-15(12)20-14/h5-6,13,17H,1-4,7-11H2,(H,18,20)(H,19,21). The van der Waals surface area contributed by atoms with Crippen LogP contribution in [0, 0.1) is 5.92 Å². The smallest absolute Gasteiger partial charge is 0.224 e. The molecule has 5 heteroatoms. The van der Waals surface area contributed by atoms with E-state index in [4.69, 9.17) is 0 Å². The van der Waals surface area contributed by atoms with Crippen LogP contribution in [-0.2, 0) is 17.6 Å². The molecule has 3 rings (SSSR count). The summed E-state index contributed by atoms with van der Waals surface area (Å²) in [5.41, 5.74) is 2.44. The molecule has 114 valence electrons. The summed E-state index contributed by atoms with van der Waals surface area (Å²) in [4.78, 5) is 16.5. The topological polar surface area (TPSA) is 66.0 Å². The van der Waals surface area contributed by atoms with Gasteiger partial charge in [0, 0.05) is 25.3 Å². The van der Waals surface area contributed by atoms with Crippen molar-refractivity contribution in [2.75, 3.05) is 31.5 Å². The third kappa shape index (κ3) is 3.73. The van der Waals surface area contributed by atoms with Crippen molar-refractivity contribution in [1.82, 2.24) is 15.6 Å². The molecule has 0 aliphatic carbocycles. The van der Waals surface area contributed by atoms with Crippen LogP contribution in [0.1, 0.15) is 30.5 Å². The average Bonchev–Trinajstić information content (AvgIpc) is 3.06. The summed E-state index contributed by atoms with van der Waals surface area (Å²) < 4.78 is 0. The van der Waals surface area contributed by atoms with Gasteiger partial charge in [0.1, 0.15) is 5.82 Å². The number of hydrogen-bond donors (Lipinski definition) is 3. The van der Waals surface area contributed by atoms with Gasteiger partial charge in [-0.05, 0) is 50.3 Å². The average molecular weight is 288 g/mol. The van der Waals surface area contributed by atoms with E-state index in [1.807, 2.05) is 0 Å². The summed E-state index contributed by atoms with van der Waals surface area (Å²) in [5.74, 6) is 1.41. The molecule has 1 saturated heterocycles. The molecule has 1 amide bonds. The molecule has 0 radical (unpaired) electrons. The molecule has 0 bridgehead atoms. The van der Waals surface area contributed by atoms with Gasteiger partial charge in [-0.3, -0.25) is 4.79 Å². The lowest BCUT2D eigenvalue weighted by Crippen LogP contribution is -2.32. The summed E-state index contributed by atoms with van der Waals surface area (Å²) in [5, 5.41) is 9.62. The first-order valence-electron chi connectivity index (χ1n) is 8.04. The number of fused-ring (bicyclic) bond motifs is 1. The Bertz CT molecular complexity index is 497. The van der Waals surface area contributed by atoms with Gasteiger partial charge >= 0.3 is 0 Å². The molecule has 0 aromatic carbocycles. The summed E-state index contributed by atoms with van der Waals surface area (Å²) in [6.45, 7) is 3.55. The van der Waals surface area contributed by atoms with E-state index in [-0.39, 0.29) is 11.8 Å². The first kappa shape index (κ1) is 14.3. The van der Waals surface area contributed by atoms with Crippen LogP contribution >= 0.6 is 0 Å². The Morgan fingerprint density at radius 1 is 1.38 bits per heavy atom. The lowest BCUT2D eigenvalue weighted by Gasteiger charge is -2.17. The monoisotopic (exact) mass is 288 g/mol. The number of amides is 1. The molecule has 3 heterocycles. The predicted octanol–water partition coefficient (Wildman–Crippen LogP) is 1.10. The zero-order chi connectivity index (χ0) is 14.5. The van der Waals surface area contributed by atoms with E-state index in [0.717, 1.165) is 63.4 Å². The normalized spacial score (nSPS) is 20.7. The van der Waals surface area contributed by atoms with Crippen LogP contribution in [0.3, 0.4) is 0 Å². The highest BCUT2D eigenvalue weighted by atomic mass is 16.1. The highest BCUT2D eigenvalue weighted by Crippen LogP contribution is 2.20. The van der Waals surface area contributed by atoms with Crippen molar-refractivity contribution in [2.24, 2.45) is 5.92 Å². The van der Waals surface area contributed by atoms with E-state index >= 15 is 0 Å². The highest BCUT2D eigenvalue weighted by molar-refractivity contribution is 5.79. The van der Waals surface area contributed by atoms with E-state index in [9.17, 15) is 4.79 Å². The molecule has 1 aromatic heterocycles. The maximum Gasteiger partial charge on any atom is 0.224 e. The van der Waals surface area contributed by atoms with Crippen LogP contribution in [0.25, 0.3) is 0 Å². The summed E-state index contributed by atoms with van der Waals surface area (Å²) in [7, 11) is 0. The van der Waals surface area contributed by atoms with E-state index < -0.39 is 0 Å². The van der Waals surface area contributed by atoms with E-state index in [0.29, 0.717) is 0 Å². The van der Waals surface area contributed by atoms with E-state index in [2.05, 4.69) is 33.1 Å². The van der Waals surface area contributed by atoms with Crippen molar-refractivity contribution in [2.45, 2.75) is 32.1 Å². The zero-order valence-electron chi connectivity index (χ0n) is 12.5. The van der Waals surface area contributed by atoms with Gasteiger partial charge in [-0.2, -0.15) is 0 Å². The Balaban J connectivity index is 1.42. The molecule has 0 spiro atoms. The minimum absolute atomic E-state index is 0.163. The molecular formula is C16H24N4O. The summed E-state index contributed by atoms with van der Waals surface area (Å²) in [6, 6.07) is 4.31. The lowest BCUT2D eigenvalue weighted by atomic mass is 10.1. The van der Waals surface area contributed by atoms with Gasteiger partial charge in [-0.1, -0.05) is 6.07 Å². The largest absolute Gasteiger partial charge is 0.370 e. The van der Waals surface area contributed by atoms with Crippen LogP contribution in [-0.4, -0.2) is 37.1 Å². The van der Waals surface area contributed by atoms with Crippen LogP contribution < -0.4 is 16.0 Å². The molecular weight excluding hydrogens is 264 g/mol. The number of rotatable bonds is 5. The van der Waals surface area contributed by atoms with Gasteiger partial charge in [0.05, 0.1) is 5.92 Å². The third-order valence-corrected chi connectivity index (χ3v) is 4.29. The fourth-order valence-electron chi connectivity index (χ4n) is 3.01. The molecule has 1 aromatic rings. The Kier molecular flexibility index (Phi) is 4.70. The third-order valence-electron chi connectivity index (χ3n) is 4.29. The van der Waals surface area contributed by atoms with Crippen LogP contribution in [0.2, 0.25) is 0 Å². The number of carbonyl (C=O) groups excluding carboxylic acids is 1. The van der Waals surface area contributed by atoms with Crippen LogP contribution in [0.4, 0.5) is 5.82 Å². The predicted molar refractivity (Wildman–Crippen MR) is 83.4 cm³/mol. The van der Waals surface area contributed by atoms with E-state index in [1.165, 1.54) is 12.0 Å². The maximum absolute atomic E-state index is 11.9. The SMILES string of the molecule is O=C(NCCCc1ccc2c(n1)NCCC2)C1CCNC1. The number of pyridine rings is 1. The van der Waals surface area contributed by atoms with Crippen molar-refractivity contribution in [3.63, 3.8) is 0 Å². The molecule has 1 fully saturated rings. The first-order chi connectivity index (χ1) is 10.3. The Morgan fingerprint density at radius 3 is 3.19 bits per heavy atom. The minimum atomic E-state index is 0.163. The number of nitrogens with zero attached hydrogens (tertiary/aromatic N) is 1. The van der Waals surface area contributed by atoms with Gasteiger partial charge in [0.2, 0.25) is 5.91 Å². The number of carbonyl (C=O) groups is 1. The fourth-order valence-corrected chi connectivity index (χ4v) is 3.01. The lowest BCUT2D eigenvalue weighted by molar-refractivity contribution is -0.124. The second-order valence-electron chi connectivity index (χ2n) is 5.92. The van der Waals surface area contributed by atoms with Crippen molar-refractivity contribution >= 4 is 11.7 Å². The molecule has 21 heavy (non-hydrogen) atoms.